The molecule has 0 atom stereocenters. The lowest BCUT2D eigenvalue weighted by Gasteiger charge is -2.10. The number of nitrogens with zero attached hydrogens (tertiary/aromatic N) is 3. The van der Waals surface area contributed by atoms with Gasteiger partial charge in [0.25, 0.3) is 0 Å². The van der Waals surface area contributed by atoms with E-state index < -0.39 is 10.6 Å². The predicted octanol–water partition coefficient (Wildman–Crippen LogP) is 5.54. The van der Waals surface area contributed by atoms with Crippen molar-refractivity contribution >= 4 is 40.4 Å². The number of para-hydroxylation sites is 1. The SMILES string of the molecule is Cc1cc(Oc2ncnc(Nc3ccccc3Cl)c2[N+](=O)[O-])ccc1Cl. The first-order valence-corrected chi connectivity index (χ1v) is 8.16. The molecule has 0 fully saturated rings. The Balaban J connectivity index is 1.99. The first-order chi connectivity index (χ1) is 12.5. The van der Waals surface area contributed by atoms with Crippen LogP contribution in [0.4, 0.5) is 17.2 Å². The van der Waals surface area contributed by atoms with Crippen LogP contribution in [-0.4, -0.2) is 14.9 Å². The Kier molecular flexibility index (Phi) is 5.20. The van der Waals surface area contributed by atoms with Gasteiger partial charge in [-0.15, -0.1) is 0 Å². The van der Waals surface area contributed by atoms with E-state index in [0.717, 1.165) is 5.56 Å². The van der Waals surface area contributed by atoms with Crippen molar-refractivity contribution in [2.75, 3.05) is 5.32 Å². The molecule has 0 bridgehead atoms. The highest BCUT2D eigenvalue weighted by molar-refractivity contribution is 6.33. The van der Waals surface area contributed by atoms with Crippen LogP contribution >= 0.6 is 23.2 Å². The highest BCUT2D eigenvalue weighted by Gasteiger charge is 2.25. The highest BCUT2D eigenvalue weighted by atomic mass is 35.5. The number of hydrogen-bond donors (Lipinski definition) is 1. The molecule has 132 valence electrons. The van der Waals surface area contributed by atoms with Gasteiger partial charge in [0.2, 0.25) is 5.82 Å². The van der Waals surface area contributed by atoms with Crippen LogP contribution in [0.15, 0.2) is 48.8 Å². The van der Waals surface area contributed by atoms with Crippen LogP contribution in [0, 0.1) is 17.0 Å². The lowest BCUT2D eigenvalue weighted by molar-refractivity contribution is -0.385. The Morgan fingerprint density at radius 1 is 1.12 bits per heavy atom. The molecule has 1 N–H and O–H groups in total. The quantitative estimate of drug-likeness (QED) is 0.454. The van der Waals surface area contributed by atoms with Gasteiger partial charge in [-0.05, 0) is 42.8 Å². The third kappa shape index (κ3) is 3.84. The number of nitro groups is 1. The Morgan fingerprint density at radius 3 is 2.58 bits per heavy atom. The van der Waals surface area contributed by atoms with Crippen LogP contribution in [0.5, 0.6) is 11.6 Å². The van der Waals surface area contributed by atoms with E-state index in [2.05, 4.69) is 15.3 Å². The molecule has 2 aromatic carbocycles. The number of benzene rings is 2. The van der Waals surface area contributed by atoms with Crippen molar-refractivity contribution < 1.29 is 9.66 Å². The number of aromatic nitrogens is 2. The highest BCUT2D eigenvalue weighted by Crippen LogP contribution is 2.37. The maximum absolute atomic E-state index is 11.6. The molecule has 0 unspecified atom stereocenters. The first kappa shape index (κ1) is 17.9. The molecule has 3 aromatic rings. The largest absolute Gasteiger partial charge is 0.434 e. The van der Waals surface area contributed by atoms with Crippen LogP contribution in [0.25, 0.3) is 0 Å². The third-order valence-electron chi connectivity index (χ3n) is 3.44. The summed E-state index contributed by atoms with van der Waals surface area (Å²) >= 11 is 12.1. The van der Waals surface area contributed by atoms with Crippen molar-refractivity contribution in [3.05, 3.63) is 74.5 Å². The molecule has 1 aromatic heterocycles. The lowest BCUT2D eigenvalue weighted by Crippen LogP contribution is -2.03. The fourth-order valence-corrected chi connectivity index (χ4v) is 2.48. The van der Waals surface area contributed by atoms with Crippen molar-refractivity contribution in [1.82, 2.24) is 9.97 Å². The molecular weight excluding hydrogens is 379 g/mol. The molecule has 0 saturated carbocycles. The molecule has 26 heavy (non-hydrogen) atoms. The van der Waals surface area contributed by atoms with E-state index in [9.17, 15) is 10.1 Å². The van der Waals surface area contributed by atoms with Gasteiger partial charge in [-0.1, -0.05) is 35.3 Å². The van der Waals surface area contributed by atoms with E-state index in [1.807, 2.05) is 0 Å². The van der Waals surface area contributed by atoms with E-state index in [1.54, 1.807) is 49.4 Å². The Morgan fingerprint density at radius 2 is 1.88 bits per heavy atom. The molecule has 0 aliphatic carbocycles. The van der Waals surface area contributed by atoms with Gasteiger partial charge in [0, 0.05) is 5.02 Å². The van der Waals surface area contributed by atoms with Crippen molar-refractivity contribution in [1.29, 1.82) is 0 Å². The van der Waals surface area contributed by atoms with E-state index in [0.29, 0.717) is 21.5 Å². The van der Waals surface area contributed by atoms with Gasteiger partial charge in [-0.3, -0.25) is 10.1 Å². The van der Waals surface area contributed by atoms with Gasteiger partial charge in [0.1, 0.15) is 12.1 Å². The number of rotatable bonds is 5. The zero-order valence-corrected chi connectivity index (χ0v) is 15.0. The molecule has 7 nitrogen and oxygen atoms in total. The molecular formula is C17H12Cl2N4O3. The zero-order valence-electron chi connectivity index (χ0n) is 13.4. The molecule has 0 saturated heterocycles. The van der Waals surface area contributed by atoms with Crippen molar-refractivity contribution in [2.45, 2.75) is 6.92 Å². The summed E-state index contributed by atoms with van der Waals surface area (Å²) < 4.78 is 5.59. The van der Waals surface area contributed by atoms with Crippen LogP contribution in [0.1, 0.15) is 5.56 Å². The van der Waals surface area contributed by atoms with Crippen LogP contribution in [0.3, 0.4) is 0 Å². The Hall–Kier alpha value is -2.90. The summed E-state index contributed by atoms with van der Waals surface area (Å²) in [6.07, 6.45) is 1.17. The van der Waals surface area contributed by atoms with Gasteiger partial charge in [-0.2, -0.15) is 4.98 Å². The molecule has 9 heteroatoms. The number of halogens is 2. The molecule has 0 amide bonds. The summed E-state index contributed by atoms with van der Waals surface area (Å²) in [5, 5.41) is 15.4. The number of aryl methyl sites for hydroxylation is 1. The van der Waals surface area contributed by atoms with E-state index in [4.69, 9.17) is 27.9 Å². The smallest absolute Gasteiger partial charge is 0.373 e. The first-order valence-electron chi connectivity index (χ1n) is 7.40. The van der Waals surface area contributed by atoms with Gasteiger partial charge in [0.15, 0.2) is 0 Å². The second-order valence-electron chi connectivity index (χ2n) is 5.25. The van der Waals surface area contributed by atoms with Crippen LogP contribution in [0.2, 0.25) is 10.0 Å². The van der Waals surface area contributed by atoms with Gasteiger partial charge < -0.3 is 10.1 Å². The average Bonchev–Trinajstić information content (AvgIpc) is 2.60. The van der Waals surface area contributed by atoms with Crippen LogP contribution < -0.4 is 10.1 Å². The van der Waals surface area contributed by atoms with E-state index >= 15 is 0 Å². The second-order valence-corrected chi connectivity index (χ2v) is 6.07. The normalized spacial score (nSPS) is 10.4. The zero-order chi connectivity index (χ0) is 18.7. The number of hydrogen-bond acceptors (Lipinski definition) is 6. The number of ether oxygens (including phenoxy) is 1. The molecule has 3 rings (SSSR count). The third-order valence-corrected chi connectivity index (χ3v) is 4.20. The summed E-state index contributed by atoms with van der Waals surface area (Å²) in [6.45, 7) is 1.80. The van der Waals surface area contributed by atoms with E-state index in [1.165, 1.54) is 6.33 Å². The molecule has 1 heterocycles. The Labute approximate surface area is 158 Å². The fraction of sp³-hybridized carbons (Fsp3) is 0.0588. The standard InChI is InChI=1S/C17H12Cl2N4O3/c1-10-8-11(6-7-12(10)18)26-17-15(23(24)25)16(20-9-21-17)22-14-5-3-2-4-13(14)19/h2-9H,1H3,(H,20,21,22). The van der Waals surface area contributed by atoms with Gasteiger partial charge in [-0.25, -0.2) is 4.98 Å². The number of nitrogens with one attached hydrogen (secondary N) is 1. The van der Waals surface area contributed by atoms with Crippen molar-refractivity contribution in [2.24, 2.45) is 0 Å². The number of anilines is 2. The maximum Gasteiger partial charge on any atom is 0.373 e. The molecule has 0 aliphatic rings. The van der Waals surface area contributed by atoms with Gasteiger partial charge >= 0.3 is 11.6 Å². The van der Waals surface area contributed by atoms with Crippen molar-refractivity contribution in [3.8, 4) is 11.6 Å². The van der Waals surface area contributed by atoms with Crippen LogP contribution in [-0.2, 0) is 0 Å². The summed E-state index contributed by atoms with van der Waals surface area (Å²) in [6, 6.07) is 11.7. The maximum atomic E-state index is 11.6. The molecule has 0 spiro atoms. The summed E-state index contributed by atoms with van der Waals surface area (Å²) in [7, 11) is 0. The second kappa shape index (κ2) is 7.55. The summed E-state index contributed by atoms with van der Waals surface area (Å²) in [5.74, 6) is 0.150. The fourth-order valence-electron chi connectivity index (χ4n) is 2.18. The molecule has 0 aliphatic heterocycles. The predicted molar refractivity (Wildman–Crippen MR) is 99.7 cm³/mol. The minimum atomic E-state index is -0.614. The van der Waals surface area contributed by atoms with E-state index in [-0.39, 0.29) is 11.7 Å². The average molecular weight is 391 g/mol. The summed E-state index contributed by atoms with van der Waals surface area (Å²) in [5.41, 5.74) is 0.847. The lowest BCUT2D eigenvalue weighted by atomic mass is 10.2. The Bertz CT molecular complexity index is 982. The van der Waals surface area contributed by atoms with Gasteiger partial charge in [0.05, 0.1) is 15.6 Å². The van der Waals surface area contributed by atoms with Crippen molar-refractivity contribution in [3.63, 3.8) is 0 Å². The topological polar surface area (TPSA) is 90.2 Å². The summed E-state index contributed by atoms with van der Waals surface area (Å²) in [4.78, 5) is 18.8. The minimum absolute atomic E-state index is 0.0289. The molecule has 0 radical (unpaired) electrons. The minimum Gasteiger partial charge on any atom is -0.434 e. The monoisotopic (exact) mass is 390 g/mol.